The molecule has 0 saturated carbocycles. The van der Waals surface area contributed by atoms with Crippen molar-refractivity contribution < 1.29 is 4.79 Å². The Morgan fingerprint density at radius 1 is 1.33 bits per heavy atom. The van der Waals surface area contributed by atoms with Gasteiger partial charge in [0.15, 0.2) is 0 Å². The van der Waals surface area contributed by atoms with Crippen molar-refractivity contribution in [2.75, 3.05) is 18.8 Å². The van der Waals surface area contributed by atoms with E-state index in [0.29, 0.717) is 12.3 Å². The highest BCUT2D eigenvalue weighted by atomic mass is 32.2. The summed E-state index contributed by atoms with van der Waals surface area (Å²) in [6.07, 6.45) is 2.67. The number of amides is 1. The molecule has 27 heavy (non-hydrogen) atoms. The first kappa shape index (κ1) is 20.4. The van der Waals surface area contributed by atoms with Crippen molar-refractivity contribution in [1.82, 2.24) is 15.2 Å². The molecule has 1 fully saturated rings. The van der Waals surface area contributed by atoms with E-state index in [0.717, 1.165) is 34.5 Å². The normalized spacial score (nSPS) is 17.8. The predicted octanol–water partition coefficient (Wildman–Crippen LogP) is 4.23. The van der Waals surface area contributed by atoms with Crippen molar-refractivity contribution >= 4 is 29.0 Å². The molecule has 0 radical (unpaired) electrons. The second kappa shape index (κ2) is 10.2. The van der Waals surface area contributed by atoms with Crippen LogP contribution in [0.4, 0.5) is 0 Å². The number of carbonyl (C=O) groups is 1. The van der Waals surface area contributed by atoms with Crippen LogP contribution < -0.4 is 5.32 Å². The van der Waals surface area contributed by atoms with E-state index in [1.807, 2.05) is 6.92 Å². The van der Waals surface area contributed by atoms with Gasteiger partial charge in [-0.15, -0.1) is 23.1 Å². The second-order valence-electron chi connectivity index (χ2n) is 7.43. The fraction of sp³-hybridized carbons (Fsp3) is 0.524. The first-order valence-corrected chi connectivity index (χ1v) is 11.7. The van der Waals surface area contributed by atoms with E-state index in [4.69, 9.17) is 0 Å². The number of likely N-dealkylation sites (tertiary alicyclic amines) is 1. The van der Waals surface area contributed by atoms with E-state index in [-0.39, 0.29) is 5.91 Å². The molecule has 4 nitrogen and oxygen atoms in total. The summed E-state index contributed by atoms with van der Waals surface area (Å²) in [7, 11) is 0. The second-order valence-corrected chi connectivity index (χ2v) is 9.47. The van der Waals surface area contributed by atoms with Gasteiger partial charge < -0.3 is 5.32 Å². The van der Waals surface area contributed by atoms with Gasteiger partial charge in [-0.05, 0) is 43.4 Å². The molecule has 0 spiro atoms. The zero-order valence-electron chi connectivity index (χ0n) is 16.2. The molecule has 0 bridgehead atoms. The molecule has 1 saturated heterocycles. The molecule has 1 amide bonds. The van der Waals surface area contributed by atoms with Gasteiger partial charge in [-0.3, -0.25) is 9.69 Å². The summed E-state index contributed by atoms with van der Waals surface area (Å²) in [6.45, 7) is 8.38. The molecule has 1 N–H and O–H groups in total. The monoisotopic (exact) mass is 403 g/mol. The Bertz CT molecular complexity index is 729. The summed E-state index contributed by atoms with van der Waals surface area (Å²) in [5.74, 6) is 2.16. The molecule has 146 valence electrons. The number of nitrogens with zero attached hydrogens (tertiary/aromatic N) is 2. The van der Waals surface area contributed by atoms with Gasteiger partial charge in [0.25, 0.3) is 0 Å². The molecule has 0 unspecified atom stereocenters. The lowest BCUT2D eigenvalue weighted by atomic mass is 9.99. The molecule has 1 aromatic heterocycles. The Hall–Kier alpha value is -1.37. The van der Waals surface area contributed by atoms with Gasteiger partial charge in [-0.1, -0.05) is 31.2 Å². The summed E-state index contributed by atoms with van der Waals surface area (Å²) >= 11 is 3.27. The Morgan fingerprint density at radius 3 is 2.81 bits per heavy atom. The molecular formula is C21H29N3OS2. The fourth-order valence-corrected chi connectivity index (χ4v) is 4.89. The molecule has 6 heteroatoms. The number of nitrogens with one attached hydrogen (secondary N) is 1. The van der Waals surface area contributed by atoms with Crippen LogP contribution in [0.2, 0.25) is 0 Å². The van der Waals surface area contributed by atoms with Crippen LogP contribution in [0.1, 0.15) is 41.6 Å². The zero-order chi connectivity index (χ0) is 19.1. The molecule has 1 atom stereocenters. The van der Waals surface area contributed by atoms with Crippen molar-refractivity contribution in [3.05, 3.63) is 51.5 Å². The average molecular weight is 404 g/mol. The highest BCUT2D eigenvalue weighted by Gasteiger charge is 2.16. The topological polar surface area (TPSA) is 45.2 Å². The summed E-state index contributed by atoms with van der Waals surface area (Å²) in [5.41, 5.74) is 3.57. The number of piperidine rings is 1. The van der Waals surface area contributed by atoms with Gasteiger partial charge in [-0.25, -0.2) is 4.98 Å². The Kier molecular flexibility index (Phi) is 7.73. The number of aromatic nitrogens is 1. The average Bonchev–Trinajstić information content (AvgIpc) is 3.06. The van der Waals surface area contributed by atoms with Crippen molar-refractivity contribution in [2.45, 2.75) is 45.5 Å². The minimum absolute atomic E-state index is 0.0818. The SMILES string of the molecule is Cc1nc(CSCC(=O)NCc2ccc(CN3CCC[C@@H](C)C3)cc2)cs1. The number of aryl methyl sites for hydroxylation is 1. The van der Waals surface area contributed by atoms with Crippen LogP contribution in [0.25, 0.3) is 0 Å². The van der Waals surface area contributed by atoms with E-state index >= 15 is 0 Å². The third kappa shape index (κ3) is 6.94. The van der Waals surface area contributed by atoms with Gasteiger partial charge in [0.05, 0.1) is 16.5 Å². The maximum Gasteiger partial charge on any atom is 0.230 e. The summed E-state index contributed by atoms with van der Waals surface area (Å²) in [5, 5.41) is 6.15. The molecule has 1 aromatic carbocycles. The third-order valence-electron chi connectivity index (χ3n) is 4.81. The Labute approximate surface area is 170 Å². The fourth-order valence-electron chi connectivity index (χ4n) is 3.43. The number of benzene rings is 1. The largest absolute Gasteiger partial charge is 0.351 e. The van der Waals surface area contributed by atoms with E-state index in [2.05, 4.69) is 51.8 Å². The van der Waals surface area contributed by atoms with Crippen molar-refractivity contribution in [3.63, 3.8) is 0 Å². The summed E-state index contributed by atoms with van der Waals surface area (Å²) < 4.78 is 0. The first-order valence-electron chi connectivity index (χ1n) is 9.64. The number of carbonyl (C=O) groups excluding carboxylic acids is 1. The molecule has 0 aliphatic carbocycles. The highest BCUT2D eigenvalue weighted by molar-refractivity contribution is 7.99. The van der Waals surface area contributed by atoms with Crippen LogP contribution in [0.15, 0.2) is 29.6 Å². The van der Waals surface area contributed by atoms with Crippen LogP contribution >= 0.6 is 23.1 Å². The first-order chi connectivity index (χ1) is 13.1. The Balaban J connectivity index is 1.36. The number of hydrogen-bond donors (Lipinski definition) is 1. The van der Waals surface area contributed by atoms with Crippen LogP contribution in [0.5, 0.6) is 0 Å². The quantitative estimate of drug-likeness (QED) is 0.716. The van der Waals surface area contributed by atoms with Crippen molar-refractivity contribution in [2.24, 2.45) is 5.92 Å². The van der Waals surface area contributed by atoms with Crippen LogP contribution in [0, 0.1) is 12.8 Å². The summed E-state index contributed by atoms with van der Waals surface area (Å²) in [4.78, 5) is 19.0. The highest BCUT2D eigenvalue weighted by Crippen LogP contribution is 2.18. The van der Waals surface area contributed by atoms with Crippen LogP contribution in [-0.4, -0.2) is 34.6 Å². The lowest BCUT2D eigenvalue weighted by Gasteiger charge is -2.30. The number of thiazole rings is 1. The maximum absolute atomic E-state index is 12.0. The number of rotatable bonds is 8. The minimum Gasteiger partial charge on any atom is -0.351 e. The summed E-state index contributed by atoms with van der Waals surface area (Å²) in [6, 6.07) is 8.66. The molecule has 2 aromatic rings. The van der Waals surface area contributed by atoms with E-state index in [1.165, 1.54) is 31.5 Å². The van der Waals surface area contributed by atoms with Gasteiger partial charge >= 0.3 is 0 Å². The van der Waals surface area contributed by atoms with E-state index in [9.17, 15) is 4.79 Å². The van der Waals surface area contributed by atoms with Crippen LogP contribution in [0.3, 0.4) is 0 Å². The smallest absolute Gasteiger partial charge is 0.230 e. The molecular weight excluding hydrogens is 374 g/mol. The van der Waals surface area contributed by atoms with Gasteiger partial charge in [-0.2, -0.15) is 0 Å². The molecule has 1 aliphatic rings. The third-order valence-corrected chi connectivity index (χ3v) is 6.60. The number of hydrogen-bond acceptors (Lipinski definition) is 5. The van der Waals surface area contributed by atoms with E-state index < -0.39 is 0 Å². The number of thioether (sulfide) groups is 1. The van der Waals surface area contributed by atoms with Gasteiger partial charge in [0.1, 0.15) is 0 Å². The lowest BCUT2D eigenvalue weighted by Crippen LogP contribution is -2.33. The van der Waals surface area contributed by atoms with Crippen molar-refractivity contribution in [3.8, 4) is 0 Å². The lowest BCUT2D eigenvalue weighted by molar-refractivity contribution is -0.118. The van der Waals surface area contributed by atoms with Crippen molar-refractivity contribution in [1.29, 1.82) is 0 Å². The molecule has 3 rings (SSSR count). The van der Waals surface area contributed by atoms with Crippen LogP contribution in [-0.2, 0) is 23.6 Å². The Morgan fingerprint density at radius 2 is 2.11 bits per heavy atom. The van der Waals surface area contributed by atoms with Gasteiger partial charge in [0.2, 0.25) is 5.91 Å². The predicted molar refractivity (Wildman–Crippen MR) is 115 cm³/mol. The van der Waals surface area contributed by atoms with Gasteiger partial charge in [0, 0.05) is 30.8 Å². The maximum atomic E-state index is 12.0. The minimum atomic E-state index is 0.0818. The molecule has 2 heterocycles. The van der Waals surface area contributed by atoms with E-state index in [1.54, 1.807) is 23.1 Å². The standard InChI is InChI=1S/C21H29N3OS2/c1-16-4-3-9-24(11-16)12-19-7-5-18(6-8-19)10-22-21(25)15-26-13-20-14-27-17(2)23-20/h5-8,14,16H,3-4,9-13,15H2,1-2H3,(H,22,25)/t16-/m1/s1. The molecule has 1 aliphatic heterocycles. The zero-order valence-corrected chi connectivity index (χ0v) is 17.9.